The van der Waals surface area contributed by atoms with Gasteiger partial charge in [-0.2, -0.15) is 0 Å². The zero-order valence-corrected chi connectivity index (χ0v) is 9.42. The average Bonchev–Trinajstić information content (AvgIpc) is 2.78. The van der Waals surface area contributed by atoms with Gasteiger partial charge in [0.25, 0.3) is 0 Å². The Morgan fingerprint density at radius 1 is 1.65 bits per heavy atom. The van der Waals surface area contributed by atoms with Gasteiger partial charge in [-0.15, -0.1) is 0 Å². The van der Waals surface area contributed by atoms with E-state index in [0.717, 1.165) is 11.3 Å². The van der Waals surface area contributed by atoms with Gasteiger partial charge in [-0.05, 0) is 17.7 Å². The van der Waals surface area contributed by atoms with Crippen LogP contribution in [-0.2, 0) is 16.0 Å². The fraction of sp³-hybridized carbons (Fsp3) is 0.333. The second kappa shape index (κ2) is 4.86. The number of benzene rings is 1. The van der Waals surface area contributed by atoms with Crippen LogP contribution in [0.15, 0.2) is 29.3 Å². The van der Waals surface area contributed by atoms with Crippen LogP contribution in [0.2, 0.25) is 0 Å². The Labute approximate surface area is 98.7 Å². The summed E-state index contributed by atoms with van der Waals surface area (Å²) in [4.78, 5) is 14.7. The summed E-state index contributed by atoms with van der Waals surface area (Å²) >= 11 is 0. The molecule has 90 valence electrons. The minimum absolute atomic E-state index is 0.120. The van der Waals surface area contributed by atoms with Crippen LogP contribution in [-0.4, -0.2) is 36.7 Å². The number of methoxy groups -OCH3 is 1. The first-order chi connectivity index (χ1) is 8.19. The Kier molecular flexibility index (Phi) is 3.27. The van der Waals surface area contributed by atoms with Crippen molar-refractivity contribution in [2.75, 3.05) is 13.7 Å². The topological polar surface area (TPSA) is 68.1 Å². The van der Waals surface area contributed by atoms with Crippen molar-refractivity contribution in [3.05, 3.63) is 29.8 Å². The van der Waals surface area contributed by atoms with E-state index in [0.29, 0.717) is 12.3 Å². The van der Waals surface area contributed by atoms with E-state index in [1.165, 1.54) is 0 Å². The molecule has 1 aliphatic rings. The molecule has 0 aliphatic carbocycles. The van der Waals surface area contributed by atoms with Crippen molar-refractivity contribution >= 4 is 11.9 Å². The van der Waals surface area contributed by atoms with Gasteiger partial charge in [0.1, 0.15) is 12.4 Å². The summed E-state index contributed by atoms with van der Waals surface area (Å²) in [5.41, 5.74) is 0.981. The minimum Gasteiger partial charge on any atom is -0.497 e. The predicted molar refractivity (Wildman–Crippen MR) is 61.5 cm³/mol. The lowest BCUT2D eigenvalue weighted by molar-refractivity contribution is -0.138. The Morgan fingerprint density at radius 3 is 3.12 bits per heavy atom. The minimum atomic E-state index is -0.953. The van der Waals surface area contributed by atoms with Crippen LogP contribution in [0.3, 0.4) is 0 Å². The van der Waals surface area contributed by atoms with Crippen LogP contribution in [0, 0.1) is 0 Å². The normalized spacial score (nSPS) is 18.4. The number of nitrogens with zero attached hydrogens (tertiary/aromatic N) is 1. The molecular weight excluding hydrogens is 222 g/mol. The maximum Gasteiger partial charge on any atom is 0.332 e. The smallest absolute Gasteiger partial charge is 0.332 e. The van der Waals surface area contributed by atoms with Crippen molar-refractivity contribution in [3.63, 3.8) is 0 Å². The molecule has 0 aromatic heterocycles. The highest BCUT2D eigenvalue weighted by atomic mass is 16.5. The van der Waals surface area contributed by atoms with E-state index in [-0.39, 0.29) is 6.61 Å². The molecule has 2 rings (SSSR count). The van der Waals surface area contributed by atoms with Gasteiger partial charge in [0.15, 0.2) is 11.9 Å². The quantitative estimate of drug-likeness (QED) is 0.849. The first-order valence-electron chi connectivity index (χ1n) is 5.24. The summed E-state index contributed by atoms with van der Waals surface area (Å²) in [6.45, 7) is 0.120. The third-order valence-electron chi connectivity index (χ3n) is 2.48. The average molecular weight is 235 g/mol. The molecule has 5 nitrogen and oxygen atoms in total. The maximum absolute atomic E-state index is 10.7. The monoisotopic (exact) mass is 235 g/mol. The van der Waals surface area contributed by atoms with E-state index in [4.69, 9.17) is 14.6 Å². The van der Waals surface area contributed by atoms with Crippen molar-refractivity contribution < 1.29 is 19.4 Å². The fourth-order valence-corrected chi connectivity index (χ4v) is 1.60. The standard InChI is InChI=1S/C12H13NO4/c1-16-9-4-2-3-8(5-9)6-11-13-10(7-17-11)12(14)15/h2-5,10H,6-7H2,1H3,(H,14,15). The van der Waals surface area contributed by atoms with Crippen LogP contribution in [0.1, 0.15) is 5.56 Å². The van der Waals surface area contributed by atoms with Crippen molar-refractivity contribution in [1.29, 1.82) is 0 Å². The molecule has 0 fully saturated rings. The molecule has 0 radical (unpaired) electrons. The number of carboxylic acid groups (broad SMARTS) is 1. The van der Waals surface area contributed by atoms with Gasteiger partial charge in [-0.3, -0.25) is 0 Å². The molecular formula is C12H13NO4. The summed E-state index contributed by atoms with van der Waals surface area (Å²) in [6.07, 6.45) is 0.487. The van der Waals surface area contributed by atoms with Gasteiger partial charge in [0.2, 0.25) is 0 Å². The molecule has 1 aromatic carbocycles. The van der Waals surface area contributed by atoms with E-state index < -0.39 is 12.0 Å². The fourth-order valence-electron chi connectivity index (χ4n) is 1.60. The first-order valence-corrected chi connectivity index (χ1v) is 5.24. The van der Waals surface area contributed by atoms with Crippen molar-refractivity contribution in [2.24, 2.45) is 4.99 Å². The molecule has 1 unspecified atom stereocenters. The highest BCUT2D eigenvalue weighted by molar-refractivity contribution is 5.86. The zero-order valence-electron chi connectivity index (χ0n) is 9.42. The van der Waals surface area contributed by atoms with Gasteiger partial charge >= 0.3 is 5.97 Å². The molecule has 1 atom stereocenters. The first kappa shape index (κ1) is 11.4. The zero-order chi connectivity index (χ0) is 12.3. The van der Waals surface area contributed by atoms with Gasteiger partial charge in [-0.25, -0.2) is 9.79 Å². The number of aliphatic carboxylic acids is 1. The van der Waals surface area contributed by atoms with Crippen LogP contribution in [0.4, 0.5) is 0 Å². The van der Waals surface area contributed by atoms with Gasteiger partial charge in [0.05, 0.1) is 7.11 Å². The molecule has 1 heterocycles. The van der Waals surface area contributed by atoms with Gasteiger partial charge in [-0.1, -0.05) is 12.1 Å². The second-order valence-corrected chi connectivity index (χ2v) is 3.72. The number of carbonyl (C=O) groups is 1. The lowest BCUT2D eigenvalue weighted by Gasteiger charge is -2.04. The highest BCUT2D eigenvalue weighted by Crippen LogP contribution is 2.15. The van der Waals surface area contributed by atoms with Crippen molar-refractivity contribution in [1.82, 2.24) is 0 Å². The lowest BCUT2D eigenvalue weighted by atomic mass is 10.1. The Morgan fingerprint density at radius 2 is 2.47 bits per heavy atom. The molecule has 1 aromatic rings. The summed E-state index contributed by atoms with van der Waals surface area (Å²) in [5, 5.41) is 8.77. The molecule has 5 heteroatoms. The van der Waals surface area contributed by atoms with E-state index >= 15 is 0 Å². The van der Waals surface area contributed by atoms with E-state index in [1.54, 1.807) is 7.11 Å². The largest absolute Gasteiger partial charge is 0.497 e. The van der Waals surface area contributed by atoms with E-state index in [2.05, 4.69) is 4.99 Å². The summed E-state index contributed by atoms with van der Waals surface area (Å²) < 4.78 is 10.3. The SMILES string of the molecule is COc1cccc(CC2=NC(C(=O)O)CO2)c1. The lowest BCUT2D eigenvalue weighted by Crippen LogP contribution is -2.18. The third-order valence-corrected chi connectivity index (χ3v) is 2.48. The summed E-state index contributed by atoms with van der Waals surface area (Å²) in [5.74, 6) is 0.271. The number of rotatable bonds is 4. The van der Waals surface area contributed by atoms with Gasteiger partial charge in [0, 0.05) is 6.42 Å². The molecule has 17 heavy (non-hydrogen) atoms. The molecule has 0 bridgehead atoms. The second-order valence-electron chi connectivity index (χ2n) is 3.72. The van der Waals surface area contributed by atoms with Crippen LogP contribution >= 0.6 is 0 Å². The number of hydrogen-bond acceptors (Lipinski definition) is 4. The number of ether oxygens (including phenoxy) is 2. The molecule has 0 saturated heterocycles. The van der Waals surface area contributed by atoms with Crippen LogP contribution in [0.5, 0.6) is 5.75 Å². The van der Waals surface area contributed by atoms with E-state index in [9.17, 15) is 4.79 Å². The summed E-state index contributed by atoms with van der Waals surface area (Å²) in [7, 11) is 1.60. The Balaban J connectivity index is 2.06. The Bertz CT molecular complexity index is 456. The van der Waals surface area contributed by atoms with Crippen LogP contribution in [0.25, 0.3) is 0 Å². The van der Waals surface area contributed by atoms with Crippen LogP contribution < -0.4 is 4.74 Å². The number of hydrogen-bond donors (Lipinski definition) is 1. The number of carboxylic acids is 1. The van der Waals surface area contributed by atoms with Crippen molar-refractivity contribution in [3.8, 4) is 5.75 Å². The summed E-state index contributed by atoms with van der Waals surface area (Å²) in [6, 6.07) is 6.75. The third kappa shape index (κ3) is 2.75. The molecule has 0 amide bonds. The van der Waals surface area contributed by atoms with Crippen molar-refractivity contribution in [2.45, 2.75) is 12.5 Å². The Hall–Kier alpha value is -2.04. The molecule has 1 aliphatic heterocycles. The molecule has 0 saturated carbocycles. The van der Waals surface area contributed by atoms with Gasteiger partial charge < -0.3 is 14.6 Å². The van der Waals surface area contributed by atoms with E-state index in [1.807, 2.05) is 24.3 Å². The maximum atomic E-state index is 10.7. The molecule has 1 N–H and O–H groups in total. The molecule has 0 spiro atoms. The highest BCUT2D eigenvalue weighted by Gasteiger charge is 2.24. The predicted octanol–water partition coefficient (Wildman–Crippen LogP) is 1.12. The number of aliphatic imine (C=N–C) groups is 1.